The molecule has 0 radical (unpaired) electrons. The maximum absolute atomic E-state index is 11.4. The number of ether oxygens (including phenoxy) is 1. The minimum atomic E-state index is -0.901. The van der Waals surface area contributed by atoms with Gasteiger partial charge in [0.15, 0.2) is 0 Å². The third-order valence-electron chi connectivity index (χ3n) is 4.05. The fourth-order valence-corrected chi connectivity index (χ4v) is 2.69. The van der Waals surface area contributed by atoms with Gasteiger partial charge in [0.1, 0.15) is 5.75 Å². The molecule has 5 heteroatoms. The van der Waals surface area contributed by atoms with Gasteiger partial charge < -0.3 is 19.6 Å². The van der Waals surface area contributed by atoms with E-state index in [2.05, 4.69) is 16.8 Å². The molecule has 20 heavy (non-hydrogen) atoms. The lowest BCUT2D eigenvalue weighted by molar-refractivity contribution is 0.0697. The van der Waals surface area contributed by atoms with Crippen molar-refractivity contribution in [3.05, 3.63) is 23.8 Å². The lowest BCUT2D eigenvalue weighted by Crippen LogP contribution is -2.42. The first kappa shape index (κ1) is 14.7. The zero-order chi connectivity index (χ0) is 14.7. The van der Waals surface area contributed by atoms with Gasteiger partial charge in [-0.3, -0.25) is 0 Å². The third-order valence-corrected chi connectivity index (χ3v) is 4.05. The Balaban J connectivity index is 2.27. The van der Waals surface area contributed by atoms with Crippen molar-refractivity contribution in [2.45, 2.75) is 18.9 Å². The maximum atomic E-state index is 11.4. The molecule has 1 heterocycles. The number of hydrogen-bond donors (Lipinski definition) is 1. The highest BCUT2D eigenvalue weighted by Crippen LogP contribution is 2.29. The molecule has 2 rings (SSSR count). The molecule has 1 saturated heterocycles. The van der Waals surface area contributed by atoms with Crippen molar-refractivity contribution in [3.8, 4) is 5.75 Å². The Kier molecular flexibility index (Phi) is 4.49. The van der Waals surface area contributed by atoms with E-state index in [4.69, 9.17) is 4.74 Å². The molecular weight excluding hydrogens is 256 g/mol. The van der Waals surface area contributed by atoms with Crippen LogP contribution in [0.4, 0.5) is 5.69 Å². The van der Waals surface area contributed by atoms with Crippen molar-refractivity contribution in [1.29, 1.82) is 0 Å². The number of benzene rings is 1. The second-order valence-electron chi connectivity index (χ2n) is 5.33. The minimum Gasteiger partial charge on any atom is -0.497 e. The lowest BCUT2D eigenvalue weighted by Gasteiger charge is -2.37. The molecule has 1 aromatic carbocycles. The van der Waals surface area contributed by atoms with Crippen LogP contribution in [0.5, 0.6) is 5.75 Å². The topological polar surface area (TPSA) is 53.0 Å². The normalized spacial score (nSPS) is 16.9. The summed E-state index contributed by atoms with van der Waals surface area (Å²) in [5.41, 5.74) is 1.05. The van der Waals surface area contributed by atoms with Crippen molar-refractivity contribution >= 4 is 11.7 Å². The standard InChI is InChI=1S/C15H22N2O3/c1-16-8-6-11(7-9-16)17(2)14-10-12(20-3)4-5-13(14)15(18)19/h4-5,10-11H,6-9H2,1-3H3,(H,18,19). The summed E-state index contributed by atoms with van der Waals surface area (Å²) >= 11 is 0. The number of hydrogen-bond acceptors (Lipinski definition) is 4. The van der Waals surface area contributed by atoms with Gasteiger partial charge in [0.25, 0.3) is 0 Å². The number of carbonyl (C=O) groups is 1. The van der Waals surface area contributed by atoms with E-state index in [1.54, 1.807) is 19.2 Å². The molecule has 0 amide bonds. The average molecular weight is 278 g/mol. The Morgan fingerprint density at radius 2 is 2.05 bits per heavy atom. The van der Waals surface area contributed by atoms with E-state index in [1.807, 2.05) is 13.1 Å². The predicted octanol–water partition coefficient (Wildman–Crippen LogP) is 1.92. The van der Waals surface area contributed by atoms with Crippen LogP contribution in [-0.2, 0) is 0 Å². The molecule has 5 nitrogen and oxygen atoms in total. The molecule has 1 aromatic rings. The monoisotopic (exact) mass is 278 g/mol. The van der Waals surface area contributed by atoms with Crippen molar-refractivity contribution in [2.24, 2.45) is 0 Å². The van der Waals surface area contributed by atoms with Gasteiger partial charge in [0, 0.05) is 19.2 Å². The number of nitrogens with zero attached hydrogens (tertiary/aromatic N) is 2. The van der Waals surface area contributed by atoms with Crippen LogP contribution in [0.2, 0.25) is 0 Å². The molecule has 0 atom stereocenters. The highest BCUT2D eigenvalue weighted by atomic mass is 16.5. The van der Waals surface area contributed by atoms with Gasteiger partial charge in [-0.05, 0) is 45.1 Å². The molecule has 1 N–H and O–H groups in total. The number of likely N-dealkylation sites (tertiary alicyclic amines) is 1. The van der Waals surface area contributed by atoms with E-state index < -0.39 is 5.97 Å². The number of carboxylic acids is 1. The van der Waals surface area contributed by atoms with Crippen LogP contribution >= 0.6 is 0 Å². The molecule has 0 aliphatic carbocycles. The number of aromatic carboxylic acids is 1. The second kappa shape index (κ2) is 6.13. The summed E-state index contributed by atoms with van der Waals surface area (Å²) in [7, 11) is 5.68. The zero-order valence-electron chi connectivity index (χ0n) is 12.3. The summed E-state index contributed by atoms with van der Waals surface area (Å²) in [6.07, 6.45) is 2.09. The highest BCUT2D eigenvalue weighted by Gasteiger charge is 2.24. The second-order valence-corrected chi connectivity index (χ2v) is 5.33. The SMILES string of the molecule is COc1ccc(C(=O)O)c(N(C)C2CCN(C)CC2)c1. The Morgan fingerprint density at radius 3 is 2.60 bits per heavy atom. The van der Waals surface area contributed by atoms with Crippen LogP contribution in [0, 0.1) is 0 Å². The van der Waals surface area contributed by atoms with Gasteiger partial charge in [-0.2, -0.15) is 0 Å². The van der Waals surface area contributed by atoms with Crippen LogP contribution < -0.4 is 9.64 Å². The molecule has 0 bridgehead atoms. The quantitative estimate of drug-likeness (QED) is 0.912. The van der Waals surface area contributed by atoms with Crippen LogP contribution in [-0.4, -0.2) is 56.3 Å². The lowest BCUT2D eigenvalue weighted by atomic mass is 10.0. The summed E-state index contributed by atoms with van der Waals surface area (Å²) in [5, 5.41) is 9.34. The molecule has 110 valence electrons. The number of rotatable bonds is 4. The van der Waals surface area contributed by atoms with E-state index in [9.17, 15) is 9.90 Å². The Morgan fingerprint density at radius 1 is 1.40 bits per heavy atom. The van der Waals surface area contributed by atoms with Crippen molar-refractivity contribution < 1.29 is 14.6 Å². The minimum absolute atomic E-state index is 0.326. The molecule has 0 spiro atoms. The number of piperidine rings is 1. The van der Waals surface area contributed by atoms with E-state index >= 15 is 0 Å². The first-order valence-corrected chi connectivity index (χ1v) is 6.85. The van der Waals surface area contributed by atoms with Crippen molar-refractivity contribution in [2.75, 3.05) is 39.2 Å². The Labute approximate surface area is 119 Å². The summed E-state index contributed by atoms with van der Waals surface area (Å²) in [5.74, 6) is -0.216. The maximum Gasteiger partial charge on any atom is 0.337 e. The fourth-order valence-electron chi connectivity index (χ4n) is 2.69. The highest BCUT2D eigenvalue weighted by molar-refractivity contribution is 5.94. The van der Waals surface area contributed by atoms with Gasteiger partial charge in [-0.25, -0.2) is 4.79 Å². The van der Waals surface area contributed by atoms with Gasteiger partial charge in [0.05, 0.1) is 18.4 Å². The Hall–Kier alpha value is -1.75. The van der Waals surface area contributed by atoms with Crippen molar-refractivity contribution in [1.82, 2.24) is 4.90 Å². The van der Waals surface area contributed by atoms with Crippen LogP contribution in [0.25, 0.3) is 0 Å². The summed E-state index contributed by atoms with van der Waals surface area (Å²) in [6, 6.07) is 5.48. The van der Waals surface area contributed by atoms with Gasteiger partial charge in [-0.1, -0.05) is 0 Å². The number of methoxy groups -OCH3 is 1. The van der Waals surface area contributed by atoms with Gasteiger partial charge in [0.2, 0.25) is 0 Å². The van der Waals surface area contributed by atoms with Gasteiger partial charge in [-0.15, -0.1) is 0 Å². The Bertz CT molecular complexity index is 482. The first-order valence-electron chi connectivity index (χ1n) is 6.85. The van der Waals surface area contributed by atoms with Crippen molar-refractivity contribution in [3.63, 3.8) is 0 Å². The van der Waals surface area contributed by atoms with Crippen LogP contribution in [0.3, 0.4) is 0 Å². The summed E-state index contributed by atoms with van der Waals surface area (Å²) in [4.78, 5) is 15.8. The third kappa shape index (κ3) is 3.04. The van der Waals surface area contributed by atoms with E-state index in [0.717, 1.165) is 31.6 Å². The predicted molar refractivity (Wildman–Crippen MR) is 78.9 cm³/mol. The van der Waals surface area contributed by atoms with Crippen LogP contribution in [0.15, 0.2) is 18.2 Å². The summed E-state index contributed by atoms with van der Waals surface area (Å²) < 4.78 is 5.22. The number of carboxylic acid groups (broad SMARTS) is 1. The van der Waals surface area contributed by atoms with E-state index in [-0.39, 0.29) is 0 Å². The van der Waals surface area contributed by atoms with Gasteiger partial charge >= 0.3 is 5.97 Å². The van der Waals surface area contributed by atoms with E-state index in [1.165, 1.54) is 0 Å². The summed E-state index contributed by atoms with van der Waals surface area (Å²) in [6.45, 7) is 2.09. The molecule has 1 fully saturated rings. The number of anilines is 1. The molecule has 0 aromatic heterocycles. The average Bonchev–Trinajstić information content (AvgIpc) is 2.46. The molecule has 0 saturated carbocycles. The molecule has 1 aliphatic heterocycles. The smallest absolute Gasteiger partial charge is 0.337 e. The fraction of sp³-hybridized carbons (Fsp3) is 0.533. The first-order chi connectivity index (χ1) is 9.52. The van der Waals surface area contributed by atoms with E-state index in [0.29, 0.717) is 17.4 Å². The molecule has 0 unspecified atom stereocenters. The zero-order valence-corrected chi connectivity index (χ0v) is 12.3. The van der Waals surface area contributed by atoms with Crippen LogP contribution in [0.1, 0.15) is 23.2 Å². The molecule has 1 aliphatic rings. The largest absolute Gasteiger partial charge is 0.497 e. The molecular formula is C15H22N2O3.